The number of ether oxygens (including phenoxy) is 1. The van der Waals surface area contributed by atoms with E-state index in [-0.39, 0.29) is 24.1 Å². The topological polar surface area (TPSA) is 88.9 Å². The van der Waals surface area contributed by atoms with E-state index in [2.05, 4.69) is 5.32 Å². The third-order valence-electron chi connectivity index (χ3n) is 5.40. The fraction of sp³-hybridized carbons (Fsp3) is 0.0800. The van der Waals surface area contributed by atoms with E-state index in [4.69, 9.17) is 9.15 Å². The fourth-order valence-corrected chi connectivity index (χ4v) is 3.85. The Kier molecular flexibility index (Phi) is 4.71. The van der Waals surface area contributed by atoms with Gasteiger partial charge in [-0.25, -0.2) is 4.90 Å². The zero-order chi connectivity index (χ0) is 22.2. The summed E-state index contributed by atoms with van der Waals surface area (Å²) in [5.74, 6) is -0.334. The van der Waals surface area contributed by atoms with Crippen LogP contribution >= 0.6 is 0 Å². The summed E-state index contributed by atoms with van der Waals surface area (Å²) in [6.07, 6.45) is 1.66. The minimum Gasteiger partial charge on any atom is -0.497 e. The molecule has 32 heavy (non-hydrogen) atoms. The second-order valence-corrected chi connectivity index (χ2v) is 7.39. The molecule has 0 saturated heterocycles. The molecule has 0 saturated carbocycles. The summed E-state index contributed by atoms with van der Waals surface area (Å²) in [4.78, 5) is 39.2. The Bertz CT molecular complexity index is 1350. The number of fused-ring (bicyclic) bond motifs is 2. The van der Waals surface area contributed by atoms with Gasteiger partial charge in [0, 0.05) is 22.7 Å². The molecule has 1 N–H and O–H groups in total. The van der Waals surface area contributed by atoms with Gasteiger partial charge in [0.2, 0.25) is 5.91 Å². The highest BCUT2D eigenvalue weighted by Crippen LogP contribution is 2.30. The smallest absolute Gasteiger partial charge is 0.266 e. The number of amides is 3. The van der Waals surface area contributed by atoms with Crippen LogP contribution in [0, 0.1) is 0 Å². The molecule has 2 heterocycles. The molecule has 7 heteroatoms. The van der Waals surface area contributed by atoms with Crippen LogP contribution in [0.15, 0.2) is 77.4 Å². The van der Waals surface area contributed by atoms with Gasteiger partial charge in [-0.15, -0.1) is 0 Å². The molecule has 0 atom stereocenters. The van der Waals surface area contributed by atoms with Gasteiger partial charge in [-0.2, -0.15) is 0 Å². The summed E-state index contributed by atoms with van der Waals surface area (Å²) in [7, 11) is 1.58. The second-order valence-electron chi connectivity index (χ2n) is 7.39. The van der Waals surface area contributed by atoms with Crippen molar-refractivity contribution in [3.63, 3.8) is 0 Å². The number of nitrogens with zero attached hydrogens (tertiary/aromatic N) is 1. The largest absolute Gasteiger partial charge is 0.497 e. The van der Waals surface area contributed by atoms with Crippen LogP contribution in [0.5, 0.6) is 5.75 Å². The lowest BCUT2D eigenvalue weighted by Gasteiger charge is -2.15. The number of carbonyl (C=O) groups excluding carboxylic acids is 3. The van der Waals surface area contributed by atoms with E-state index in [0.717, 1.165) is 15.8 Å². The summed E-state index contributed by atoms with van der Waals surface area (Å²) < 4.78 is 10.7. The van der Waals surface area contributed by atoms with Crippen LogP contribution in [0.1, 0.15) is 26.3 Å². The molecule has 7 nitrogen and oxygen atoms in total. The summed E-state index contributed by atoms with van der Waals surface area (Å²) in [6.45, 7) is 0. The van der Waals surface area contributed by atoms with E-state index >= 15 is 0 Å². The molecule has 0 unspecified atom stereocenters. The highest BCUT2D eigenvalue weighted by atomic mass is 16.5. The molecule has 3 aromatic carbocycles. The SMILES string of the molecule is COc1ccc2c(CC(=O)Nc3cccc(N4C(=O)c5ccccc5C4=O)c3)coc2c1. The van der Waals surface area contributed by atoms with Gasteiger partial charge < -0.3 is 14.5 Å². The fourth-order valence-electron chi connectivity index (χ4n) is 3.85. The molecule has 3 amide bonds. The molecule has 4 aromatic rings. The van der Waals surface area contributed by atoms with Crippen molar-refractivity contribution >= 4 is 40.1 Å². The molecule has 1 aromatic heterocycles. The zero-order valence-corrected chi connectivity index (χ0v) is 17.1. The third-order valence-corrected chi connectivity index (χ3v) is 5.40. The van der Waals surface area contributed by atoms with Gasteiger partial charge in [-0.05, 0) is 42.5 Å². The lowest BCUT2D eigenvalue weighted by atomic mass is 10.1. The van der Waals surface area contributed by atoms with E-state index in [1.165, 1.54) is 0 Å². The molecule has 1 aliphatic rings. The Hall–Kier alpha value is -4.39. The first kappa shape index (κ1) is 19.6. The summed E-state index contributed by atoms with van der Waals surface area (Å²) >= 11 is 0. The molecule has 0 bridgehead atoms. The van der Waals surface area contributed by atoms with Gasteiger partial charge in [0.15, 0.2) is 0 Å². The average molecular weight is 426 g/mol. The van der Waals surface area contributed by atoms with Gasteiger partial charge in [0.25, 0.3) is 11.8 Å². The number of nitrogens with one attached hydrogen (secondary N) is 1. The van der Waals surface area contributed by atoms with Gasteiger partial charge in [0.1, 0.15) is 11.3 Å². The average Bonchev–Trinajstić information content (AvgIpc) is 3.31. The summed E-state index contributed by atoms with van der Waals surface area (Å²) in [6, 6.07) is 18.8. The van der Waals surface area contributed by atoms with Crippen LogP contribution in [-0.4, -0.2) is 24.8 Å². The maximum Gasteiger partial charge on any atom is 0.266 e. The molecule has 1 aliphatic heterocycles. The lowest BCUT2D eigenvalue weighted by Crippen LogP contribution is -2.29. The van der Waals surface area contributed by atoms with Crippen LogP contribution in [0.3, 0.4) is 0 Å². The van der Waals surface area contributed by atoms with Crippen LogP contribution in [0.25, 0.3) is 11.0 Å². The molecule has 0 aliphatic carbocycles. The predicted octanol–water partition coefficient (Wildman–Crippen LogP) is 4.42. The Morgan fingerprint density at radius 1 is 0.969 bits per heavy atom. The number of hydrogen-bond acceptors (Lipinski definition) is 5. The monoisotopic (exact) mass is 426 g/mol. The summed E-state index contributed by atoms with van der Waals surface area (Å²) in [5.41, 5.74) is 3.01. The van der Waals surface area contributed by atoms with E-state index in [1.54, 1.807) is 68.0 Å². The third kappa shape index (κ3) is 3.30. The number of furan rings is 1. The van der Waals surface area contributed by atoms with Crippen molar-refractivity contribution in [1.29, 1.82) is 0 Å². The van der Waals surface area contributed by atoms with E-state index < -0.39 is 0 Å². The van der Waals surface area contributed by atoms with Crippen LogP contribution in [-0.2, 0) is 11.2 Å². The number of rotatable bonds is 5. The molecule has 158 valence electrons. The molecule has 0 radical (unpaired) electrons. The van der Waals surface area contributed by atoms with Gasteiger partial charge in [-0.3, -0.25) is 14.4 Å². The Labute approximate surface area is 183 Å². The number of carbonyl (C=O) groups is 3. The molecule has 0 fully saturated rings. The van der Waals surface area contributed by atoms with E-state index in [0.29, 0.717) is 33.8 Å². The highest BCUT2D eigenvalue weighted by molar-refractivity contribution is 6.34. The zero-order valence-electron chi connectivity index (χ0n) is 17.1. The van der Waals surface area contributed by atoms with E-state index in [1.807, 2.05) is 12.1 Å². The standard InChI is InChI=1S/C25H18N2O5/c1-31-18-9-10-19-15(14-32-22(19)13-18)11-23(28)26-16-5-4-6-17(12-16)27-24(29)20-7-2-3-8-21(20)25(27)30/h2-10,12-14H,11H2,1H3,(H,26,28). The van der Waals surface area contributed by atoms with Crippen LogP contribution in [0.4, 0.5) is 11.4 Å². The molecule has 0 spiro atoms. The van der Waals surface area contributed by atoms with Crippen LogP contribution in [0.2, 0.25) is 0 Å². The minimum atomic E-state index is -0.380. The van der Waals surface area contributed by atoms with Crippen molar-refractivity contribution in [1.82, 2.24) is 0 Å². The molecular weight excluding hydrogens is 408 g/mol. The maximum absolute atomic E-state index is 12.7. The number of methoxy groups -OCH3 is 1. The second kappa shape index (κ2) is 7.70. The van der Waals surface area contributed by atoms with Crippen molar-refractivity contribution < 1.29 is 23.5 Å². The first-order valence-corrected chi connectivity index (χ1v) is 9.97. The highest BCUT2D eigenvalue weighted by Gasteiger charge is 2.36. The van der Waals surface area contributed by atoms with Crippen molar-refractivity contribution in [2.75, 3.05) is 17.3 Å². The first-order valence-electron chi connectivity index (χ1n) is 9.97. The Morgan fingerprint density at radius 2 is 1.72 bits per heavy atom. The van der Waals surface area contributed by atoms with Gasteiger partial charge in [-0.1, -0.05) is 18.2 Å². The van der Waals surface area contributed by atoms with Crippen molar-refractivity contribution in [3.8, 4) is 5.75 Å². The Morgan fingerprint density at radius 3 is 2.44 bits per heavy atom. The number of hydrogen-bond donors (Lipinski definition) is 1. The number of imide groups is 1. The number of anilines is 2. The van der Waals surface area contributed by atoms with E-state index in [9.17, 15) is 14.4 Å². The predicted molar refractivity (Wildman–Crippen MR) is 119 cm³/mol. The Balaban J connectivity index is 1.34. The van der Waals surface area contributed by atoms with Crippen molar-refractivity contribution in [2.24, 2.45) is 0 Å². The normalized spacial score (nSPS) is 12.8. The quantitative estimate of drug-likeness (QED) is 0.477. The van der Waals surface area contributed by atoms with Gasteiger partial charge in [0.05, 0.1) is 36.6 Å². The summed E-state index contributed by atoms with van der Waals surface area (Å²) in [5, 5.41) is 3.66. The van der Waals surface area contributed by atoms with Crippen LogP contribution < -0.4 is 15.0 Å². The van der Waals surface area contributed by atoms with Crippen molar-refractivity contribution in [2.45, 2.75) is 6.42 Å². The minimum absolute atomic E-state index is 0.108. The van der Waals surface area contributed by atoms with Gasteiger partial charge >= 0.3 is 0 Å². The van der Waals surface area contributed by atoms with Crippen molar-refractivity contribution in [3.05, 3.63) is 89.7 Å². The lowest BCUT2D eigenvalue weighted by molar-refractivity contribution is -0.115. The first-order chi connectivity index (χ1) is 15.5. The number of benzene rings is 3. The maximum atomic E-state index is 12.7. The molecule has 5 rings (SSSR count). The molecular formula is C25H18N2O5.